The first-order valence-corrected chi connectivity index (χ1v) is 6.24. The SMILES string of the molecule is O=C(CCl)Nc1ccc(N=Nc2ccccc2)cc1. The Labute approximate surface area is 116 Å². The van der Waals surface area contributed by atoms with E-state index in [0.29, 0.717) is 11.4 Å². The van der Waals surface area contributed by atoms with Crippen molar-refractivity contribution in [2.24, 2.45) is 10.2 Å². The second-order valence-electron chi connectivity index (χ2n) is 3.76. The molecule has 0 atom stereocenters. The molecule has 0 radical (unpaired) electrons. The molecule has 2 rings (SSSR count). The number of rotatable bonds is 4. The smallest absolute Gasteiger partial charge is 0.239 e. The molecular weight excluding hydrogens is 262 g/mol. The van der Waals surface area contributed by atoms with E-state index in [9.17, 15) is 4.79 Å². The molecule has 2 aromatic rings. The lowest BCUT2D eigenvalue weighted by molar-refractivity contribution is -0.113. The van der Waals surface area contributed by atoms with Crippen LogP contribution < -0.4 is 5.32 Å². The van der Waals surface area contributed by atoms with E-state index in [1.807, 2.05) is 30.3 Å². The highest BCUT2D eigenvalue weighted by Gasteiger charge is 1.99. The molecule has 0 aliphatic heterocycles. The van der Waals surface area contributed by atoms with Crippen molar-refractivity contribution in [3.63, 3.8) is 0 Å². The third-order valence-electron chi connectivity index (χ3n) is 2.31. The van der Waals surface area contributed by atoms with Crippen LogP contribution in [-0.2, 0) is 4.79 Å². The van der Waals surface area contributed by atoms with Gasteiger partial charge in [0.2, 0.25) is 5.91 Å². The van der Waals surface area contributed by atoms with Gasteiger partial charge in [-0.15, -0.1) is 11.6 Å². The fraction of sp³-hybridized carbons (Fsp3) is 0.0714. The highest BCUT2D eigenvalue weighted by molar-refractivity contribution is 6.29. The van der Waals surface area contributed by atoms with Gasteiger partial charge in [0.1, 0.15) is 5.88 Å². The van der Waals surface area contributed by atoms with Gasteiger partial charge >= 0.3 is 0 Å². The number of hydrogen-bond donors (Lipinski definition) is 1. The van der Waals surface area contributed by atoms with E-state index < -0.39 is 0 Å². The van der Waals surface area contributed by atoms with Gasteiger partial charge in [-0.05, 0) is 36.4 Å². The number of benzene rings is 2. The normalized spacial score (nSPS) is 10.6. The van der Waals surface area contributed by atoms with Crippen molar-refractivity contribution >= 4 is 34.6 Å². The number of carbonyl (C=O) groups is 1. The summed E-state index contributed by atoms with van der Waals surface area (Å²) in [5.74, 6) is -0.296. The van der Waals surface area contributed by atoms with Crippen LogP contribution >= 0.6 is 11.6 Å². The number of anilines is 1. The summed E-state index contributed by atoms with van der Waals surface area (Å²) in [4.78, 5) is 11.1. The third kappa shape index (κ3) is 4.19. The van der Waals surface area contributed by atoms with Gasteiger partial charge in [0.15, 0.2) is 0 Å². The van der Waals surface area contributed by atoms with Crippen LogP contribution in [0.25, 0.3) is 0 Å². The van der Waals surface area contributed by atoms with Gasteiger partial charge in [0.25, 0.3) is 0 Å². The Balaban J connectivity index is 2.03. The number of azo groups is 1. The van der Waals surface area contributed by atoms with E-state index in [2.05, 4.69) is 15.5 Å². The summed E-state index contributed by atoms with van der Waals surface area (Å²) in [6, 6.07) is 16.5. The van der Waals surface area contributed by atoms with Crippen LogP contribution in [0, 0.1) is 0 Å². The molecule has 0 aliphatic carbocycles. The quantitative estimate of drug-likeness (QED) is 0.656. The molecule has 0 heterocycles. The monoisotopic (exact) mass is 273 g/mol. The van der Waals surface area contributed by atoms with Crippen LogP contribution in [0.2, 0.25) is 0 Å². The zero-order valence-corrected chi connectivity index (χ0v) is 10.8. The largest absolute Gasteiger partial charge is 0.325 e. The molecule has 0 spiro atoms. The van der Waals surface area contributed by atoms with Gasteiger partial charge in [-0.1, -0.05) is 18.2 Å². The van der Waals surface area contributed by atoms with E-state index in [1.165, 1.54) is 0 Å². The third-order valence-corrected chi connectivity index (χ3v) is 2.55. The van der Waals surface area contributed by atoms with Gasteiger partial charge < -0.3 is 5.32 Å². The maximum atomic E-state index is 11.1. The molecule has 96 valence electrons. The number of alkyl halides is 1. The van der Waals surface area contributed by atoms with Crippen molar-refractivity contribution in [2.75, 3.05) is 11.2 Å². The average Bonchev–Trinajstić information content (AvgIpc) is 2.47. The summed E-state index contributed by atoms with van der Waals surface area (Å²) in [5, 5.41) is 10.9. The molecule has 19 heavy (non-hydrogen) atoms. The summed E-state index contributed by atoms with van der Waals surface area (Å²) in [7, 11) is 0. The van der Waals surface area contributed by atoms with Gasteiger partial charge in [-0.25, -0.2) is 0 Å². The van der Waals surface area contributed by atoms with Crippen molar-refractivity contribution in [3.8, 4) is 0 Å². The minimum atomic E-state index is -0.236. The first-order valence-electron chi connectivity index (χ1n) is 5.70. The Morgan fingerprint density at radius 1 is 0.947 bits per heavy atom. The lowest BCUT2D eigenvalue weighted by atomic mass is 10.3. The molecule has 0 fully saturated rings. The van der Waals surface area contributed by atoms with Crippen LogP contribution in [0.4, 0.5) is 17.1 Å². The summed E-state index contributed by atoms with van der Waals surface area (Å²) in [6.45, 7) is 0. The molecule has 0 unspecified atom stereocenters. The van der Waals surface area contributed by atoms with Crippen molar-refractivity contribution in [3.05, 3.63) is 54.6 Å². The van der Waals surface area contributed by atoms with Crippen LogP contribution in [0.5, 0.6) is 0 Å². The Hall–Kier alpha value is -2.20. The van der Waals surface area contributed by atoms with Gasteiger partial charge in [0, 0.05) is 5.69 Å². The average molecular weight is 274 g/mol. The second-order valence-corrected chi connectivity index (χ2v) is 4.03. The van der Waals surface area contributed by atoms with Crippen molar-refractivity contribution in [2.45, 2.75) is 0 Å². The molecule has 5 heteroatoms. The summed E-state index contributed by atoms with van der Waals surface area (Å²) < 4.78 is 0. The Bertz CT molecular complexity index is 567. The maximum absolute atomic E-state index is 11.1. The number of halogens is 1. The van der Waals surface area contributed by atoms with E-state index >= 15 is 0 Å². The van der Waals surface area contributed by atoms with Gasteiger partial charge in [-0.2, -0.15) is 10.2 Å². The Morgan fingerprint density at radius 3 is 2.11 bits per heavy atom. The number of nitrogens with zero attached hydrogens (tertiary/aromatic N) is 2. The predicted octanol–water partition coefficient (Wildman–Crippen LogP) is 4.28. The molecule has 0 aromatic heterocycles. The molecule has 0 saturated carbocycles. The van der Waals surface area contributed by atoms with E-state index in [4.69, 9.17) is 11.6 Å². The van der Waals surface area contributed by atoms with Crippen LogP contribution in [0.1, 0.15) is 0 Å². The zero-order chi connectivity index (χ0) is 13.5. The van der Waals surface area contributed by atoms with E-state index in [1.54, 1.807) is 24.3 Å². The maximum Gasteiger partial charge on any atom is 0.239 e. The predicted molar refractivity (Wildman–Crippen MR) is 76.4 cm³/mol. The first-order chi connectivity index (χ1) is 9.28. The highest BCUT2D eigenvalue weighted by atomic mass is 35.5. The minimum absolute atomic E-state index is 0.0601. The van der Waals surface area contributed by atoms with Crippen molar-refractivity contribution in [1.29, 1.82) is 0 Å². The number of hydrogen-bond acceptors (Lipinski definition) is 3. The highest BCUT2D eigenvalue weighted by Crippen LogP contribution is 2.19. The fourth-order valence-corrected chi connectivity index (χ4v) is 1.48. The molecule has 0 bridgehead atoms. The second kappa shape index (κ2) is 6.66. The van der Waals surface area contributed by atoms with Crippen LogP contribution in [0.3, 0.4) is 0 Å². The van der Waals surface area contributed by atoms with Crippen molar-refractivity contribution < 1.29 is 4.79 Å². The van der Waals surface area contributed by atoms with Crippen molar-refractivity contribution in [1.82, 2.24) is 0 Å². The molecule has 1 amide bonds. The molecule has 0 aliphatic rings. The number of nitrogens with one attached hydrogen (secondary N) is 1. The summed E-state index contributed by atoms with van der Waals surface area (Å²) in [5.41, 5.74) is 2.19. The van der Waals surface area contributed by atoms with Gasteiger partial charge in [-0.3, -0.25) is 4.79 Å². The molecule has 1 N–H and O–H groups in total. The lowest BCUT2D eigenvalue weighted by Gasteiger charge is -2.02. The summed E-state index contributed by atoms with van der Waals surface area (Å²) in [6.07, 6.45) is 0. The summed E-state index contributed by atoms with van der Waals surface area (Å²) >= 11 is 5.41. The fourth-order valence-electron chi connectivity index (χ4n) is 1.42. The molecule has 2 aromatic carbocycles. The van der Waals surface area contributed by atoms with Gasteiger partial charge in [0.05, 0.1) is 11.4 Å². The lowest BCUT2D eigenvalue weighted by Crippen LogP contribution is -2.12. The van der Waals surface area contributed by atoms with Crippen LogP contribution in [0.15, 0.2) is 64.8 Å². The Morgan fingerprint density at radius 2 is 1.53 bits per heavy atom. The number of amides is 1. The molecular formula is C14H12ClN3O. The topological polar surface area (TPSA) is 53.8 Å². The van der Waals surface area contributed by atoms with E-state index in [0.717, 1.165) is 5.69 Å². The standard InChI is InChI=1S/C14H12ClN3O/c15-10-14(19)16-11-6-8-13(9-7-11)18-17-12-4-2-1-3-5-12/h1-9H,10H2,(H,16,19). The molecule has 4 nitrogen and oxygen atoms in total. The van der Waals surface area contributed by atoms with E-state index in [-0.39, 0.29) is 11.8 Å². The first kappa shape index (κ1) is 13.2. The zero-order valence-electron chi connectivity index (χ0n) is 10.1. The Kier molecular flexibility index (Phi) is 4.64. The van der Waals surface area contributed by atoms with Crippen LogP contribution in [-0.4, -0.2) is 11.8 Å². The minimum Gasteiger partial charge on any atom is -0.325 e. The molecule has 0 saturated heterocycles. The number of carbonyl (C=O) groups excluding carboxylic acids is 1.